The van der Waals surface area contributed by atoms with E-state index in [1.165, 1.54) is 109 Å². The zero-order valence-corrected chi connectivity index (χ0v) is 38.4. The monoisotopic (exact) mass is 846 g/mol. The lowest BCUT2D eigenvalue weighted by molar-refractivity contribution is 0.0965. The Labute approximate surface area is 386 Å². The van der Waals surface area contributed by atoms with E-state index in [4.69, 9.17) is 4.42 Å². The second kappa shape index (κ2) is 13.8. The molecule has 0 fully saturated rings. The first-order valence-corrected chi connectivity index (χ1v) is 23.5. The Hall–Kier alpha value is -7.48. The molecular weight excluding hydrogens is 797 g/mol. The second-order valence-corrected chi connectivity index (χ2v) is 20.8. The smallest absolute Gasteiger partial charge is 0.135 e. The van der Waals surface area contributed by atoms with Gasteiger partial charge in [0.2, 0.25) is 0 Å². The van der Waals surface area contributed by atoms with Crippen molar-refractivity contribution in [1.82, 2.24) is 0 Å². The topological polar surface area (TPSA) is 13.1 Å². The van der Waals surface area contributed by atoms with Crippen LogP contribution in [-0.2, 0) is 5.41 Å². The van der Waals surface area contributed by atoms with Crippen LogP contribution in [0.25, 0.3) is 120 Å². The van der Waals surface area contributed by atoms with Crippen LogP contribution in [-0.4, -0.2) is 0 Å². The molecule has 0 N–H and O–H groups in total. The van der Waals surface area contributed by atoms with E-state index in [0.29, 0.717) is 0 Å². The zero-order chi connectivity index (χ0) is 44.7. The number of para-hydroxylation sites is 1. The van der Waals surface area contributed by atoms with E-state index < -0.39 is 0 Å². The Morgan fingerprint density at radius 2 is 0.788 bits per heavy atom. The van der Waals surface area contributed by atoms with Gasteiger partial charge in [0.1, 0.15) is 11.2 Å². The summed E-state index contributed by atoms with van der Waals surface area (Å²) in [5, 5.41) is 15.2. The molecule has 1 aliphatic carbocycles. The van der Waals surface area contributed by atoms with Crippen molar-refractivity contribution in [3.05, 3.63) is 205 Å². The van der Waals surface area contributed by atoms with Crippen molar-refractivity contribution >= 4 is 75.8 Å². The molecule has 1 heterocycles. The lowest BCUT2D eigenvalue weighted by Gasteiger charge is -2.53. The molecule has 316 valence electrons. The molecule has 1 aliphatic rings. The first-order valence-electron chi connectivity index (χ1n) is 23.5. The Balaban J connectivity index is 1.00. The van der Waals surface area contributed by atoms with Crippen LogP contribution in [0.3, 0.4) is 0 Å². The van der Waals surface area contributed by atoms with Gasteiger partial charge in [-0.15, -0.1) is 0 Å². The summed E-state index contributed by atoms with van der Waals surface area (Å²) in [7, 11) is 0. The average molecular weight is 847 g/mol. The predicted octanol–water partition coefficient (Wildman–Crippen LogP) is 18.7. The fourth-order valence-electron chi connectivity index (χ4n) is 13.1. The van der Waals surface area contributed by atoms with E-state index in [1.807, 2.05) is 6.07 Å². The lowest BCUT2D eigenvalue weighted by atomic mass is 9.49. The average Bonchev–Trinajstić information content (AvgIpc) is 3.86. The van der Waals surface area contributed by atoms with Gasteiger partial charge in [-0.05, 0) is 163 Å². The van der Waals surface area contributed by atoms with Crippen molar-refractivity contribution in [2.45, 2.75) is 47.0 Å². The molecule has 13 rings (SSSR count). The molecule has 12 aromatic rings. The van der Waals surface area contributed by atoms with E-state index in [0.717, 1.165) is 21.9 Å². The number of hydrogen-bond acceptors (Lipinski definition) is 1. The fraction of sp³-hybridized carbons (Fsp3) is 0.138. The second-order valence-electron chi connectivity index (χ2n) is 20.8. The van der Waals surface area contributed by atoms with E-state index in [-0.39, 0.29) is 16.2 Å². The molecule has 0 radical (unpaired) electrons. The van der Waals surface area contributed by atoms with Crippen LogP contribution in [0.1, 0.15) is 52.7 Å². The minimum absolute atomic E-state index is 0.0996. The number of rotatable bonds is 3. The molecule has 0 unspecified atom stereocenters. The van der Waals surface area contributed by atoms with Crippen LogP contribution in [0.15, 0.2) is 199 Å². The van der Waals surface area contributed by atoms with Gasteiger partial charge in [-0.3, -0.25) is 0 Å². The van der Waals surface area contributed by atoms with Crippen LogP contribution < -0.4 is 0 Å². The van der Waals surface area contributed by atoms with Gasteiger partial charge in [0.05, 0.1) is 0 Å². The van der Waals surface area contributed by atoms with Gasteiger partial charge in [0.25, 0.3) is 0 Å². The minimum Gasteiger partial charge on any atom is -0.456 e. The number of furan rings is 1. The summed E-state index contributed by atoms with van der Waals surface area (Å²) in [6, 6.07) is 72.6. The zero-order valence-electron chi connectivity index (χ0n) is 38.4. The van der Waals surface area contributed by atoms with Gasteiger partial charge in [-0.1, -0.05) is 193 Å². The van der Waals surface area contributed by atoms with Crippen molar-refractivity contribution < 1.29 is 4.42 Å². The maximum Gasteiger partial charge on any atom is 0.135 e. The highest BCUT2D eigenvalue weighted by atomic mass is 16.3. The van der Waals surface area contributed by atoms with Gasteiger partial charge >= 0.3 is 0 Å². The number of fused-ring (bicyclic) bond motifs is 14. The quantitative estimate of drug-likeness (QED) is 0.128. The molecule has 0 atom stereocenters. The lowest BCUT2D eigenvalue weighted by Crippen LogP contribution is -2.50. The molecule has 0 saturated carbocycles. The SMILES string of the molecule is CC(C)(C)C1(C(C)(C)C)c2cc3cc(-c4cccc(-c5c6ccccc6c(-c6ccc7oc8ccccc8c7c6)c6ccccc56)c4)ccc3cc2-c2c1c1ccccc1c1ccccc21. The molecule has 66 heavy (non-hydrogen) atoms. The van der Waals surface area contributed by atoms with Crippen LogP contribution in [0.5, 0.6) is 0 Å². The Bertz CT molecular complexity index is 3940. The Morgan fingerprint density at radius 3 is 1.41 bits per heavy atom. The molecule has 0 spiro atoms. The number of benzene rings is 11. The summed E-state index contributed by atoms with van der Waals surface area (Å²) >= 11 is 0. The Kier molecular flexibility index (Phi) is 8.12. The fourth-order valence-corrected chi connectivity index (χ4v) is 13.1. The highest BCUT2D eigenvalue weighted by Crippen LogP contribution is 2.67. The molecular formula is C65H50O. The van der Waals surface area contributed by atoms with Crippen LogP contribution >= 0.6 is 0 Å². The van der Waals surface area contributed by atoms with Crippen LogP contribution in [0.4, 0.5) is 0 Å². The van der Waals surface area contributed by atoms with Crippen molar-refractivity contribution in [1.29, 1.82) is 0 Å². The summed E-state index contributed by atoms with van der Waals surface area (Å²) in [6.07, 6.45) is 0. The molecule has 0 saturated heterocycles. The van der Waals surface area contributed by atoms with Crippen molar-refractivity contribution in [2.75, 3.05) is 0 Å². The van der Waals surface area contributed by atoms with Crippen molar-refractivity contribution in [3.63, 3.8) is 0 Å². The molecule has 0 amide bonds. The van der Waals surface area contributed by atoms with Gasteiger partial charge < -0.3 is 4.42 Å². The van der Waals surface area contributed by atoms with Crippen molar-refractivity contribution in [3.8, 4) is 44.5 Å². The molecule has 11 aromatic carbocycles. The first-order chi connectivity index (χ1) is 32.0. The van der Waals surface area contributed by atoms with E-state index in [9.17, 15) is 0 Å². The summed E-state index contributed by atoms with van der Waals surface area (Å²) < 4.78 is 6.26. The molecule has 1 heteroatoms. The molecule has 0 bridgehead atoms. The van der Waals surface area contributed by atoms with Gasteiger partial charge in [-0.25, -0.2) is 0 Å². The van der Waals surface area contributed by atoms with Gasteiger partial charge in [-0.2, -0.15) is 0 Å². The standard InChI is InChI=1S/C65H50O/c1-63(2,3)65(64(4,5)6)56-38-44-35-40(30-31-41(44)36-55(56)61-48-23-9-7-20-45(48)46-21-8-14-28-53(46)62(61)65)39-18-17-19-42(34-39)59-49-24-10-12-26-51(49)60(52-27-13-11-25-50(52)59)43-32-33-58-54(37-43)47-22-15-16-29-57(47)66-58/h7-38H,1-6H3. The third-order valence-corrected chi connectivity index (χ3v) is 15.3. The van der Waals surface area contributed by atoms with Gasteiger partial charge in [0.15, 0.2) is 0 Å². The summed E-state index contributed by atoms with van der Waals surface area (Å²) in [6.45, 7) is 14.8. The summed E-state index contributed by atoms with van der Waals surface area (Å²) in [5.74, 6) is 0. The summed E-state index contributed by atoms with van der Waals surface area (Å²) in [5.41, 5.74) is 14.4. The van der Waals surface area contributed by atoms with Crippen LogP contribution in [0, 0.1) is 10.8 Å². The van der Waals surface area contributed by atoms with E-state index >= 15 is 0 Å². The predicted molar refractivity (Wildman–Crippen MR) is 283 cm³/mol. The third-order valence-electron chi connectivity index (χ3n) is 15.3. The summed E-state index contributed by atoms with van der Waals surface area (Å²) in [4.78, 5) is 0. The third kappa shape index (κ3) is 5.29. The number of hydrogen-bond donors (Lipinski definition) is 0. The normalized spacial score (nSPS) is 13.7. The van der Waals surface area contributed by atoms with Crippen LogP contribution in [0.2, 0.25) is 0 Å². The molecule has 1 nitrogen and oxygen atoms in total. The van der Waals surface area contributed by atoms with E-state index in [1.54, 1.807) is 0 Å². The van der Waals surface area contributed by atoms with Gasteiger partial charge in [0, 0.05) is 16.2 Å². The highest BCUT2D eigenvalue weighted by molar-refractivity contribution is 6.23. The molecule has 1 aromatic heterocycles. The Morgan fingerprint density at radius 1 is 0.318 bits per heavy atom. The minimum atomic E-state index is -0.273. The first kappa shape index (κ1) is 38.9. The molecule has 0 aliphatic heterocycles. The maximum absolute atomic E-state index is 6.26. The van der Waals surface area contributed by atoms with E-state index in [2.05, 4.69) is 230 Å². The maximum atomic E-state index is 6.26. The largest absolute Gasteiger partial charge is 0.456 e. The highest BCUT2D eigenvalue weighted by Gasteiger charge is 2.58. The van der Waals surface area contributed by atoms with Crippen molar-refractivity contribution in [2.24, 2.45) is 10.8 Å².